The summed E-state index contributed by atoms with van der Waals surface area (Å²) >= 11 is 1.80. The van der Waals surface area contributed by atoms with Crippen molar-refractivity contribution < 1.29 is 0 Å². The monoisotopic (exact) mass is 212 g/mol. The summed E-state index contributed by atoms with van der Waals surface area (Å²) < 4.78 is 2.50. The Morgan fingerprint density at radius 3 is 2.67 bits per heavy atom. The van der Waals surface area contributed by atoms with E-state index in [2.05, 4.69) is 48.3 Å². The van der Waals surface area contributed by atoms with Crippen LogP contribution in [0.4, 0.5) is 0 Å². The van der Waals surface area contributed by atoms with Gasteiger partial charge in [-0.15, -0.1) is 0 Å². The van der Waals surface area contributed by atoms with Crippen LogP contribution in [0.1, 0.15) is 5.56 Å². The van der Waals surface area contributed by atoms with E-state index in [4.69, 9.17) is 0 Å². The molecule has 0 aliphatic carbocycles. The van der Waals surface area contributed by atoms with E-state index in [0.29, 0.717) is 0 Å². The quantitative estimate of drug-likeness (QED) is 0.405. The summed E-state index contributed by atoms with van der Waals surface area (Å²) in [7, 11) is 0. The predicted octanol–water partition coefficient (Wildman–Crippen LogP) is 4.04. The topological polar surface area (TPSA) is 12.9 Å². The number of para-hydroxylation sites is 2. The molecule has 2 aromatic carbocycles. The van der Waals surface area contributed by atoms with Crippen LogP contribution < -0.4 is 0 Å². The number of aryl methyl sites for hydroxylation is 1. The Balaban J connectivity index is 2.53. The van der Waals surface area contributed by atoms with Gasteiger partial charge in [0.25, 0.3) is 9.40 Å². The lowest BCUT2D eigenvalue weighted by molar-refractivity contribution is 1.44. The van der Waals surface area contributed by atoms with Crippen molar-refractivity contribution in [3.8, 4) is 0 Å². The van der Waals surface area contributed by atoms with E-state index >= 15 is 0 Å². The van der Waals surface area contributed by atoms with E-state index in [1.807, 2.05) is 6.07 Å². The Bertz CT molecular complexity index is 646. The minimum atomic E-state index is 1.09. The Hall–Kier alpha value is -1.54. The van der Waals surface area contributed by atoms with Crippen LogP contribution in [0.2, 0.25) is 0 Å². The molecule has 3 rings (SSSR count). The van der Waals surface area contributed by atoms with Gasteiger partial charge in [0.05, 0.1) is 0 Å². The van der Waals surface area contributed by atoms with Crippen LogP contribution in [0.3, 0.4) is 0 Å². The SMILES string of the molecule is Cc1cccc2[s+]c3ccccc3nc12. The van der Waals surface area contributed by atoms with Crippen LogP contribution in [-0.4, -0.2) is 4.98 Å². The molecule has 0 aliphatic heterocycles. The first-order valence-electron chi connectivity index (χ1n) is 4.93. The minimum absolute atomic E-state index is 1.09. The molecule has 0 aliphatic rings. The van der Waals surface area contributed by atoms with E-state index in [1.165, 1.54) is 15.0 Å². The molecule has 0 N–H and O–H groups in total. The Morgan fingerprint density at radius 1 is 0.933 bits per heavy atom. The van der Waals surface area contributed by atoms with Crippen molar-refractivity contribution in [1.29, 1.82) is 0 Å². The fraction of sp³-hybridized carbons (Fsp3) is 0.0769. The predicted molar refractivity (Wildman–Crippen MR) is 66.3 cm³/mol. The van der Waals surface area contributed by atoms with E-state index in [1.54, 1.807) is 11.3 Å². The molecule has 0 saturated carbocycles. The van der Waals surface area contributed by atoms with Crippen LogP contribution in [0.5, 0.6) is 0 Å². The molecule has 0 bridgehead atoms. The lowest BCUT2D eigenvalue weighted by Gasteiger charge is -1.94. The molecule has 0 unspecified atom stereocenters. The normalized spacial score (nSPS) is 11.0. The standard InChI is InChI=1S/C13H10NS/c1-9-5-4-8-12-13(9)14-10-6-2-3-7-11(10)15-12/h2-8H,1H3/q+1. The van der Waals surface area contributed by atoms with Gasteiger partial charge < -0.3 is 0 Å². The fourth-order valence-electron chi connectivity index (χ4n) is 1.73. The van der Waals surface area contributed by atoms with Crippen molar-refractivity contribution in [2.45, 2.75) is 6.92 Å². The van der Waals surface area contributed by atoms with Crippen molar-refractivity contribution in [3.63, 3.8) is 0 Å². The number of fused-ring (bicyclic) bond motifs is 2. The summed E-state index contributed by atoms with van der Waals surface area (Å²) in [5.74, 6) is 0. The summed E-state index contributed by atoms with van der Waals surface area (Å²) in [4.78, 5) is 4.69. The largest absolute Gasteiger partial charge is 0.257 e. The minimum Gasteiger partial charge on any atom is -0.237 e. The smallest absolute Gasteiger partial charge is 0.237 e. The van der Waals surface area contributed by atoms with Crippen LogP contribution in [-0.2, 0) is 0 Å². The molecule has 0 spiro atoms. The van der Waals surface area contributed by atoms with Gasteiger partial charge >= 0.3 is 0 Å². The summed E-state index contributed by atoms with van der Waals surface area (Å²) in [6, 6.07) is 14.6. The summed E-state index contributed by atoms with van der Waals surface area (Å²) in [6.45, 7) is 2.11. The number of rotatable bonds is 0. The molecule has 3 aromatic rings. The van der Waals surface area contributed by atoms with Gasteiger partial charge in [0.2, 0.25) is 11.3 Å². The molecule has 0 amide bonds. The number of hydrogen-bond acceptors (Lipinski definition) is 1. The van der Waals surface area contributed by atoms with E-state index < -0.39 is 0 Å². The third kappa shape index (κ3) is 1.38. The zero-order chi connectivity index (χ0) is 10.3. The van der Waals surface area contributed by atoms with E-state index in [0.717, 1.165) is 11.0 Å². The molecule has 72 valence electrons. The van der Waals surface area contributed by atoms with Gasteiger partial charge in [-0.1, -0.05) is 24.3 Å². The zero-order valence-electron chi connectivity index (χ0n) is 8.40. The average Bonchev–Trinajstić information content (AvgIpc) is 2.27. The Labute approximate surface area is 92.0 Å². The first kappa shape index (κ1) is 8.74. The molecule has 1 nitrogen and oxygen atoms in total. The van der Waals surface area contributed by atoms with Crippen molar-refractivity contribution in [1.82, 2.24) is 4.98 Å². The van der Waals surface area contributed by atoms with Gasteiger partial charge in [0.15, 0.2) is 0 Å². The first-order chi connectivity index (χ1) is 7.34. The molecule has 0 saturated heterocycles. The third-order valence-electron chi connectivity index (χ3n) is 2.52. The maximum atomic E-state index is 4.69. The molecular formula is C13H10NS+. The van der Waals surface area contributed by atoms with Crippen LogP contribution in [0.15, 0.2) is 42.5 Å². The van der Waals surface area contributed by atoms with Crippen LogP contribution >= 0.6 is 11.3 Å². The van der Waals surface area contributed by atoms with Gasteiger partial charge in [-0.05, 0) is 18.6 Å². The zero-order valence-corrected chi connectivity index (χ0v) is 9.21. The van der Waals surface area contributed by atoms with Gasteiger partial charge in [-0.2, -0.15) is 0 Å². The second-order valence-electron chi connectivity index (χ2n) is 3.60. The highest BCUT2D eigenvalue weighted by atomic mass is 32.1. The van der Waals surface area contributed by atoms with E-state index in [-0.39, 0.29) is 0 Å². The lowest BCUT2D eigenvalue weighted by Crippen LogP contribution is -1.82. The van der Waals surface area contributed by atoms with Gasteiger partial charge in [-0.3, -0.25) is 0 Å². The summed E-state index contributed by atoms with van der Waals surface area (Å²) in [6.07, 6.45) is 0. The number of aromatic nitrogens is 1. The van der Waals surface area contributed by atoms with Crippen molar-refractivity contribution >= 4 is 31.8 Å². The Morgan fingerprint density at radius 2 is 1.73 bits per heavy atom. The average molecular weight is 212 g/mol. The lowest BCUT2D eigenvalue weighted by atomic mass is 10.2. The number of hydrogen-bond donors (Lipinski definition) is 0. The van der Waals surface area contributed by atoms with Crippen molar-refractivity contribution in [2.75, 3.05) is 0 Å². The van der Waals surface area contributed by atoms with Gasteiger partial charge in [0.1, 0.15) is 11.0 Å². The van der Waals surface area contributed by atoms with Crippen LogP contribution in [0.25, 0.3) is 20.4 Å². The second-order valence-corrected chi connectivity index (χ2v) is 4.69. The highest BCUT2D eigenvalue weighted by Gasteiger charge is 2.12. The molecule has 1 aromatic heterocycles. The molecule has 0 atom stereocenters. The maximum absolute atomic E-state index is 4.69. The maximum Gasteiger partial charge on any atom is 0.257 e. The summed E-state index contributed by atoms with van der Waals surface area (Å²) in [5.41, 5.74) is 3.46. The Kier molecular flexibility index (Phi) is 1.89. The highest BCUT2D eigenvalue weighted by Crippen LogP contribution is 2.26. The summed E-state index contributed by atoms with van der Waals surface area (Å²) in [5, 5.41) is 0. The third-order valence-corrected chi connectivity index (χ3v) is 3.63. The fourth-order valence-corrected chi connectivity index (χ4v) is 2.78. The van der Waals surface area contributed by atoms with Gasteiger partial charge in [0, 0.05) is 12.1 Å². The highest BCUT2D eigenvalue weighted by molar-refractivity contribution is 7.24. The molecule has 15 heavy (non-hydrogen) atoms. The second kappa shape index (κ2) is 3.24. The molecule has 1 heterocycles. The molecular weight excluding hydrogens is 202 g/mol. The molecule has 0 fully saturated rings. The molecule has 2 heteroatoms. The number of benzene rings is 2. The van der Waals surface area contributed by atoms with Crippen molar-refractivity contribution in [2.24, 2.45) is 0 Å². The molecule has 0 radical (unpaired) electrons. The van der Waals surface area contributed by atoms with E-state index in [9.17, 15) is 0 Å². The van der Waals surface area contributed by atoms with Crippen LogP contribution in [0, 0.1) is 6.92 Å². The van der Waals surface area contributed by atoms with Crippen molar-refractivity contribution in [3.05, 3.63) is 48.0 Å². The first-order valence-corrected chi connectivity index (χ1v) is 5.74. The van der Waals surface area contributed by atoms with Gasteiger partial charge in [-0.25, -0.2) is 4.98 Å². The number of nitrogens with zero attached hydrogens (tertiary/aromatic N) is 1.